The molecule has 5 nitrogen and oxygen atoms in total. The third kappa shape index (κ3) is 2.88. The van der Waals surface area contributed by atoms with Gasteiger partial charge in [-0.2, -0.15) is 0 Å². The van der Waals surface area contributed by atoms with Crippen molar-refractivity contribution in [2.24, 2.45) is 5.73 Å². The topological polar surface area (TPSA) is 72.6 Å². The van der Waals surface area contributed by atoms with Crippen LogP contribution in [0.4, 0.5) is 4.79 Å². The maximum atomic E-state index is 11.7. The van der Waals surface area contributed by atoms with Crippen LogP contribution in [0, 0.1) is 0 Å². The molecular weight excluding hydrogens is 232 g/mol. The first kappa shape index (κ1) is 12.2. The first-order valence-electron chi connectivity index (χ1n) is 5.65. The minimum Gasteiger partial charge on any atom is -0.444 e. The van der Waals surface area contributed by atoms with Crippen molar-refractivity contribution in [2.45, 2.75) is 13.0 Å². The average molecular weight is 246 g/mol. The molecule has 1 heterocycles. The third-order valence-electron chi connectivity index (χ3n) is 2.62. The van der Waals surface area contributed by atoms with E-state index in [0.29, 0.717) is 12.1 Å². The fourth-order valence-electron chi connectivity index (χ4n) is 1.64. The number of hydrogen-bond acceptors (Lipinski definition) is 4. The second-order valence-electron chi connectivity index (χ2n) is 4.00. The Balaban J connectivity index is 1.91. The number of ether oxygens (including phenoxy) is 1. The predicted octanol–water partition coefficient (Wildman–Crippen LogP) is 1.40. The quantitative estimate of drug-likeness (QED) is 0.856. The van der Waals surface area contributed by atoms with Crippen LogP contribution >= 0.6 is 0 Å². The number of hydrogen-bond donors (Lipinski definition) is 1. The Labute approximate surface area is 105 Å². The van der Waals surface area contributed by atoms with Crippen LogP contribution < -0.4 is 5.73 Å². The normalized spacial score (nSPS) is 15.2. The molecule has 2 N–H and O–H groups in total. The van der Waals surface area contributed by atoms with Crippen molar-refractivity contribution in [3.8, 4) is 0 Å². The van der Waals surface area contributed by atoms with Crippen LogP contribution in [-0.2, 0) is 16.1 Å². The molecular formula is C13H14N2O3. The summed E-state index contributed by atoms with van der Waals surface area (Å²) < 4.78 is 5.07. The van der Waals surface area contributed by atoms with Gasteiger partial charge in [-0.25, -0.2) is 9.69 Å². The Morgan fingerprint density at radius 2 is 2.06 bits per heavy atom. The van der Waals surface area contributed by atoms with Crippen LogP contribution in [0.1, 0.15) is 12.0 Å². The Morgan fingerprint density at radius 3 is 2.72 bits per heavy atom. The number of nitrogens with zero attached hydrogens (tertiary/aromatic N) is 1. The molecule has 1 aliphatic heterocycles. The van der Waals surface area contributed by atoms with Crippen molar-refractivity contribution < 1.29 is 14.3 Å². The number of rotatable bonds is 2. The summed E-state index contributed by atoms with van der Waals surface area (Å²) >= 11 is 0. The van der Waals surface area contributed by atoms with E-state index < -0.39 is 12.0 Å². The lowest BCUT2D eigenvalue weighted by atomic mass is 10.2. The van der Waals surface area contributed by atoms with E-state index in [2.05, 4.69) is 0 Å². The molecule has 0 saturated carbocycles. The van der Waals surface area contributed by atoms with E-state index in [-0.39, 0.29) is 13.2 Å². The second-order valence-corrected chi connectivity index (χ2v) is 4.00. The highest BCUT2D eigenvalue weighted by atomic mass is 16.6. The standard InChI is InChI=1S/C13H14N2O3/c14-11-6-7-15(12(16)8-11)13(17)18-9-10-4-2-1-3-5-10/h1-5,8H,6-7,9,14H2. The summed E-state index contributed by atoms with van der Waals surface area (Å²) in [5.41, 5.74) is 6.89. The minimum atomic E-state index is -0.632. The Hall–Kier alpha value is -2.30. The highest BCUT2D eigenvalue weighted by Crippen LogP contribution is 2.10. The van der Waals surface area contributed by atoms with E-state index in [4.69, 9.17) is 10.5 Å². The molecule has 1 aromatic carbocycles. The summed E-state index contributed by atoms with van der Waals surface area (Å²) in [5, 5.41) is 0. The van der Waals surface area contributed by atoms with Gasteiger partial charge in [0.25, 0.3) is 5.91 Å². The highest BCUT2D eigenvalue weighted by molar-refractivity contribution is 5.99. The van der Waals surface area contributed by atoms with E-state index in [1.165, 1.54) is 6.08 Å². The minimum absolute atomic E-state index is 0.155. The predicted molar refractivity (Wildman–Crippen MR) is 65.2 cm³/mol. The molecule has 1 aliphatic rings. The third-order valence-corrected chi connectivity index (χ3v) is 2.62. The number of carbonyl (C=O) groups is 2. The van der Waals surface area contributed by atoms with Gasteiger partial charge < -0.3 is 10.5 Å². The van der Waals surface area contributed by atoms with Crippen molar-refractivity contribution >= 4 is 12.0 Å². The highest BCUT2D eigenvalue weighted by Gasteiger charge is 2.24. The van der Waals surface area contributed by atoms with Crippen molar-refractivity contribution in [3.63, 3.8) is 0 Å². The number of amides is 2. The lowest BCUT2D eigenvalue weighted by Crippen LogP contribution is -2.40. The van der Waals surface area contributed by atoms with E-state index in [1.54, 1.807) is 0 Å². The maximum absolute atomic E-state index is 11.7. The molecule has 0 radical (unpaired) electrons. The molecule has 18 heavy (non-hydrogen) atoms. The summed E-state index contributed by atoms with van der Waals surface area (Å²) in [6, 6.07) is 9.30. The van der Waals surface area contributed by atoms with Gasteiger partial charge >= 0.3 is 6.09 Å². The molecule has 5 heteroatoms. The zero-order valence-corrected chi connectivity index (χ0v) is 9.83. The summed E-state index contributed by atoms with van der Waals surface area (Å²) in [7, 11) is 0. The summed E-state index contributed by atoms with van der Waals surface area (Å²) in [4.78, 5) is 24.3. The molecule has 0 bridgehead atoms. The van der Waals surface area contributed by atoms with Gasteiger partial charge in [-0.3, -0.25) is 4.79 Å². The molecule has 0 atom stereocenters. The fraction of sp³-hybridized carbons (Fsp3) is 0.231. The largest absolute Gasteiger partial charge is 0.444 e. The number of carbonyl (C=O) groups excluding carboxylic acids is 2. The smallest absolute Gasteiger partial charge is 0.417 e. The average Bonchev–Trinajstić information content (AvgIpc) is 2.37. The Bertz CT molecular complexity index is 482. The number of imide groups is 1. The summed E-state index contributed by atoms with van der Waals surface area (Å²) in [6.07, 6.45) is 1.12. The van der Waals surface area contributed by atoms with Crippen LogP contribution in [0.15, 0.2) is 42.1 Å². The van der Waals surface area contributed by atoms with Crippen LogP contribution in [0.25, 0.3) is 0 Å². The molecule has 2 amide bonds. The molecule has 94 valence electrons. The zero-order chi connectivity index (χ0) is 13.0. The van der Waals surface area contributed by atoms with E-state index in [1.807, 2.05) is 30.3 Å². The van der Waals surface area contributed by atoms with Crippen molar-refractivity contribution in [2.75, 3.05) is 6.54 Å². The molecule has 0 spiro atoms. The lowest BCUT2D eigenvalue weighted by Gasteiger charge is -2.22. The molecule has 1 aromatic rings. The van der Waals surface area contributed by atoms with Crippen LogP contribution in [-0.4, -0.2) is 23.4 Å². The van der Waals surface area contributed by atoms with E-state index in [0.717, 1.165) is 10.5 Å². The van der Waals surface area contributed by atoms with Crippen LogP contribution in [0.3, 0.4) is 0 Å². The van der Waals surface area contributed by atoms with Crippen LogP contribution in [0.2, 0.25) is 0 Å². The van der Waals surface area contributed by atoms with Gasteiger partial charge in [0.05, 0.1) is 0 Å². The monoisotopic (exact) mass is 246 g/mol. The van der Waals surface area contributed by atoms with Crippen LogP contribution in [0.5, 0.6) is 0 Å². The fourth-order valence-corrected chi connectivity index (χ4v) is 1.64. The van der Waals surface area contributed by atoms with Gasteiger partial charge in [0.2, 0.25) is 0 Å². The van der Waals surface area contributed by atoms with Gasteiger partial charge in [0.1, 0.15) is 6.61 Å². The second kappa shape index (κ2) is 5.35. The maximum Gasteiger partial charge on any atom is 0.417 e. The molecule has 0 unspecified atom stereocenters. The summed E-state index contributed by atoms with van der Waals surface area (Å²) in [6.45, 7) is 0.428. The first-order chi connectivity index (χ1) is 8.66. The van der Waals surface area contributed by atoms with Crippen molar-refractivity contribution in [3.05, 3.63) is 47.7 Å². The van der Waals surface area contributed by atoms with E-state index >= 15 is 0 Å². The van der Waals surface area contributed by atoms with Gasteiger partial charge in [0, 0.05) is 24.7 Å². The molecule has 0 aliphatic carbocycles. The van der Waals surface area contributed by atoms with Crippen molar-refractivity contribution in [1.29, 1.82) is 0 Å². The molecule has 2 rings (SSSR count). The Morgan fingerprint density at radius 1 is 1.33 bits per heavy atom. The molecule has 0 saturated heterocycles. The van der Waals surface area contributed by atoms with Gasteiger partial charge in [-0.1, -0.05) is 30.3 Å². The van der Waals surface area contributed by atoms with Crippen molar-refractivity contribution in [1.82, 2.24) is 4.90 Å². The Kier molecular flexibility index (Phi) is 3.62. The lowest BCUT2D eigenvalue weighted by molar-refractivity contribution is -0.125. The molecule has 0 fully saturated rings. The summed E-state index contributed by atoms with van der Waals surface area (Å²) in [5.74, 6) is -0.420. The van der Waals surface area contributed by atoms with Gasteiger partial charge in [0.15, 0.2) is 0 Å². The van der Waals surface area contributed by atoms with E-state index in [9.17, 15) is 9.59 Å². The zero-order valence-electron chi connectivity index (χ0n) is 9.83. The number of benzene rings is 1. The number of nitrogens with two attached hydrogens (primary N) is 1. The SMILES string of the molecule is NC1=CC(=O)N(C(=O)OCc2ccccc2)CC1. The van der Waals surface area contributed by atoms with Gasteiger partial charge in [-0.15, -0.1) is 0 Å². The van der Waals surface area contributed by atoms with Gasteiger partial charge in [-0.05, 0) is 5.56 Å². The first-order valence-corrected chi connectivity index (χ1v) is 5.65. The molecule has 0 aromatic heterocycles.